The number of ether oxygens (including phenoxy) is 1. The van der Waals surface area contributed by atoms with Gasteiger partial charge in [-0.15, -0.1) is 0 Å². The first-order chi connectivity index (χ1) is 9.90. The lowest BCUT2D eigenvalue weighted by Gasteiger charge is -2.30. The maximum Gasteiger partial charge on any atom is 0.272 e. The molecule has 7 heteroatoms. The predicted octanol–water partition coefficient (Wildman–Crippen LogP) is 1.14. The number of aryl methyl sites for hydroxylation is 1. The third-order valence-electron chi connectivity index (χ3n) is 3.99. The number of benzene rings is 1. The van der Waals surface area contributed by atoms with E-state index in [1.165, 1.54) is 12.1 Å². The van der Waals surface area contributed by atoms with Crippen molar-refractivity contribution in [3.8, 4) is 5.75 Å². The molecule has 2 rings (SSSR count). The molecule has 0 aromatic heterocycles. The van der Waals surface area contributed by atoms with Crippen LogP contribution in [0.3, 0.4) is 0 Å². The minimum Gasteiger partial charge on any atom is -0.491 e. The van der Waals surface area contributed by atoms with Gasteiger partial charge in [-0.05, 0) is 44.9 Å². The Morgan fingerprint density at radius 1 is 1.57 bits per heavy atom. The smallest absolute Gasteiger partial charge is 0.272 e. The fraction of sp³-hybridized carbons (Fsp3) is 0.500. The van der Waals surface area contributed by atoms with Gasteiger partial charge in [-0.25, -0.2) is 0 Å². The van der Waals surface area contributed by atoms with E-state index in [1.807, 2.05) is 0 Å². The number of hydrogen-bond donors (Lipinski definition) is 2. The van der Waals surface area contributed by atoms with E-state index in [9.17, 15) is 14.9 Å². The van der Waals surface area contributed by atoms with E-state index in [2.05, 4.69) is 5.32 Å². The molecule has 1 fully saturated rings. The van der Waals surface area contributed by atoms with Crippen molar-refractivity contribution in [2.75, 3.05) is 13.7 Å². The first-order valence-electron chi connectivity index (χ1n) is 6.77. The Balaban J connectivity index is 2.13. The van der Waals surface area contributed by atoms with Crippen molar-refractivity contribution in [2.24, 2.45) is 11.7 Å². The van der Waals surface area contributed by atoms with Crippen LogP contribution in [0.2, 0.25) is 0 Å². The van der Waals surface area contributed by atoms with Gasteiger partial charge in [0.2, 0.25) is 5.91 Å². The molecule has 1 amide bonds. The summed E-state index contributed by atoms with van der Waals surface area (Å²) in [6, 6.07) is 4.51. The van der Waals surface area contributed by atoms with Gasteiger partial charge in [0, 0.05) is 11.6 Å². The van der Waals surface area contributed by atoms with Crippen LogP contribution in [-0.4, -0.2) is 30.0 Å². The van der Waals surface area contributed by atoms with Crippen LogP contribution >= 0.6 is 0 Å². The van der Waals surface area contributed by atoms with Gasteiger partial charge in [0.1, 0.15) is 17.9 Å². The molecule has 1 atom stereocenters. The Labute approximate surface area is 122 Å². The molecule has 1 unspecified atom stereocenters. The Morgan fingerprint density at radius 3 is 2.67 bits per heavy atom. The standard InChI is InChI=1S/C14H19N3O4/c1-9-7-11(5-6-12(9)17(19)20)21-8-14(16-2,13(15)18)10-3-4-10/h5-7,10,16H,3-4,8H2,1-2H3,(H2,15,18). The highest BCUT2D eigenvalue weighted by Gasteiger charge is 2.49. The van der Waals surface area contributed by atoms with Gasteiger partial charge in [-0.2, -0.15) is 0 Å². The average Bonchev–Trinajstić information content (AvgIpc) is 3.24. The number of nitrogens with zero attached hydrogens (tertiary/aromatic N) is 1. The molecule has 7 nitrogen and oxygen atoms in total. The van der Waals surface area contributed by atoms with Crippen molar-refractivity contribution in [2.45, 2.75) is 25.3 Å². The number of nitrogens with two attached hydrogens (primary N) is 1. The molecule has 1 saturated carbocycles. The monoisotopic (exact) mass is 293 g/mol. The van der Waals surface area contributed by atoms with Gasteiger partial charge in [-0.3, -0.25) is 14.9 Å². The average molecular weight is 293 g/mol. The summed E-state index contributed by atoms with van der Waals surface area (Å²) in [6.45, 7) is 1.76. The molecule has 1 aliphatic carbocycles. The molecule has 0 spiro atoms. The number of carbonyl (C=O) groups is 1. The number of amides is 1. The third-order valence-corrected chi connectivity index (χ3v) is 3.99. The minimum atomic E-state index is -0.879. The minimum absolute atomic E-state index is 0.0410. The van der Waals surface area contributed by atoms with Gasteiger partial charge in [0.25, 0.3) is 5.69 Å². The number of hydrogen-bond acceptors (Lipinski definition) is 5. The molecule has 3 N–H and O–H groups in total. The van der Waals surface area contributed by atoms with Gasteiger partial charge >= 0.3 is 0 Å². The van der Waals surface area contributed by atoms with Crippen molar-refractivity contribution in [1.29, 1.82) is 0 Å². The zero-order valence-corrected chi connectivity index (χ0v) is 12.1. The second-order valence-corrected chi connectivity index (χ2v) is 5.35. The lowest BCUT2D eigenvalue weighted by molar-refractivity contribution is -0.385. The van der Waals surface area contributed by atoms with Crippen LogP contribution in [0, 0.1) is 23.0 Å². The zero-order chi connectivity index (χ0) is 15.6. The normalized spacial score (nSPS) is 17.0. The van der Waals surface area contributed by atoms with Crippen LogP contribution < -0.4 is 15.8 Å². The van der Waals surface area contributed by atoms with Gasteiger partial charge < -0.3 is 15.8 Å². The summed E-state index contributed by atoms with van der Waals surface area (Å²) in [7, 11) is 1.69. The van der Waals surface area contributed by atoms with E-state index in [0.29, 0.717) is 11.3 Å². The highest BCUT2D eigenvalue weighted by atomic mass is 16.6. The number of primary amides is 1. The molecule has 0 heterocycles. The largest absolute Gasteiger partial charge is 0.491 e. The topological polar surface area (TPSA) is 107 Å². The lowest BCUT2D eigenvalue weighted by atomic mass is 9.93. The lowest BCUT2D eigenvalue weighted by Crippen LogP contribution is -2.59. The summed E-state index contributed by atoms with van der Waals surface area (Å²) in [6.07, 6.45) is 1.87. The van der Waals surface area contributed by atoms with E-state index in [1.54, 1.807) is 20.0 Å². The SMILES string of the molecule is CNC(COc1ccc([N+](=O)[O-])c(C)c1)(C(N)=O)C1CC1. The van der Waals surface area contributed by atoms with Crippen LogP contribution in [0.15, 0.2) is 18.2 Å². The molecule has 114 valence electrons. The summed E-state index contributed by atoms with van der Waals surface area (Å²) in [5.74, 6) is 0.227. The second-order valence-electron chi connectivity index (χ2n) is 5.35. The molecule has 1 aromatic rings. The number of carbonyl (C=O) groups excluding carboxylic acids is 1. The summed E-state index contributed by atoms with van der Waals surface area (Å²) in [5.41, 5.74) is 5.18. The van der Waals surface area contributed by atoms with Crippen LogP contribution in [0.25, 0.3) is 0 Å². The molecule has 1 aromatic carbocycles. The Morgan fingerprint density at radius 2 is 2.24 bits per heavy atom. The van der Waals surface area contributed by atoms with Crippen molar-refractivity contribution >= 4 is 11.6 Å². The van der Waals surface area contributed by atoms with Gasteiger partial charge in [0.15, 0.2) is 0 Å². The second kappa shape index (κ2) is 5.69. The summed E-state index contributed by atoms with van der Waals surface area (Å²) < 4.78 is 5.65. The van der Waals surface area contributed by atoms with Crippen molar-refractivity contribution in [1.82, 2.24) is 5.32 Å². The Hall–Kier alpha value is -2.15. The quantitative estimate of drug-likeness (QED) is 0.579. The molecule has 0 aliphatic heterocycles. The van der Waals surface area contributed by atoms with Crippen LogP contribution in [0.1, 0.15) is 18.4 Å². The van der Waals surface area contributed by atoms with Crippen molar-refractivity contribution in [3.05, 3.63) is 33.9 Å². The molecular weight excluding hydrogens is 274 g/mol. The number of nitro groups is 1. The van der Waals surface area contributed by atoms with E-state index in [0.717, 1.165) is 12.8 Å². The predicted molar refractivity (Wildman–Crippen MR) is 77.0 cm³/mol. The van der Waals surface area contributed by atoms with Crippen LogP contribution in [-0.2, 0) is 4.79 Å². The molecular formula is C14H19N3O4. The third kappa shape index (κ3) is 2.97. The Bertz CT molecular complexity index is 571. The van der Waals surface area contributed by atoms with Crippen molar-refractivity contribution < 1.29 is 14.5 Å². The van der Waals surface area contributed by atoms with Crippen LogP contribution in [0.4, 0.5) is 5.69 Å². The highest BCUT2D eigenvalue weighted by molar-refractivity contribution is 5.85. The molecule has 0 saturated heterocycles. The molecule has 0 bridgehead atoms. The Kier molecular flexibility index (Phi) is 4.13. The van der Waals surface area contributed by atoms with E-state index in [4.69, 9.17) is 10.5 Å². The van der Waals surface area contributed by atoms with Gasteiger partial charge in [0.05, 0.1) is 4.92 Å². The van der Waals surface area contributed by atoms with Gasteiger partial charge in [-0.1, -0.05) is 0 Å². The number of rotatable bonds is 7. The van der Waals surface area contributed by atoms with E-state index < -0.39 is 16.4 Å². The first kappa shape index (κ1) is 15.2. The number of nitro benzene ring substituents is 1. The summed E-state index contributed by atoms with van der Waals surface area (Å²) >= 11 is 0. The summed E-state index contributed by atoms with van der Waals surface area (Å²) in [4.78, 5) is 22.1. The number of likely N-dealkylation sites (N-methyl/N-ethyl adjacent to an activating group) is 1. The first-order valence-corrected chi connectivity index (χ1v) is 6.77. The maximum absolute atomic E-state index is 11.8. The highest BCUT2D eigenvalue weighted by Crippen LogP contribution is 2.40. The van der Waals surface area contributed by atoms with E-state index >= 15 is 0 Å². The molecule has 0 radical (unpaired) electrons. The summed E-state index contributed by atoms with van der Waals surface area (Å²) in [5, 5.41) is 13.8. The van der Waals surface area contributed by atoms with E-state index in [-0.39, 0.29) is 18.2 Å². The molecule has 1 aliphatic rings. The van der Waals surface area contributed by atoms with Crippen molar-refractivity contribution in [3.63, 3.8) is 0 Å². The van der Waals surface area contributed by atoms with Crippen LogP contribution in [0.5, 0.6) is 5.75 Å². The zero-order valence-electron chi connectivity index (χ0n) is 12.1. The fourth-order valence-corrected chi connectivity index (χ4v) is 2.49. The molecule has 21 heavy (non-hydrogen) atoms. The number of nitrogens with one attached hydrogen (secondary N) is 1. The fourth-order valence-electron chi connectivity index (χ4n) is 2.49. The maximum atomic E-state index is 11.8.